The number of hydrogen-bond acceptors (Lipinski definition) is 3. The summed E-state index contributed by atoms with van der Waals surface area (Å²) in [5, 5.41) is 0. The van der Waals surface area contributed by atoms with Gasteiger partial charge in [-0.1, -0.05) is 36.4 Å². The molecule has 2 aromatic carbocycles. The molecule has 36 heavy (non-hydrogen) atoms. The summed E-state index contributed by atoms with van der Waals surface area (Å²) in [6.45, 7) is 1.73. The highest BCUT2D eigenvalue weighted by atomic mass is 19.4. The molecule has 0 aliphatic carbocycles. The molecule has 4 aromatic rings. The van der Waals surface area contributed by atoms with Crippen LogP contribution in [-0.2, 0) is 11.0 Å². The number of nitrogens with zero attached hydrogens (tertiary/aromatic N) is 4. The SMILES string of the molecule is O=C(CC(c1cccc(C(F)(F)F)c1)c1cnc2ccccn12)N1CCN(c2ccccc2F)CC1. The number of alkyl halides is 3. The van der Waals surface area contributed by atoms with Gasteiger partial charge in [-0.2, -0.15) is 13.2 Å². The lowest BCUT2D eigenvalue weighted by molar-refractivity contribution is -0.137. The Bertz CT molecular complexity index is 1380. The van der Waals surface area contributed by atoms with Crippen molar-refractivity contribution in [1.82, 2.24) is 14.3 Å². The van der Waals surface area contributed by atoms with Crippen molar-refractivity contribution in [2.45, 2.75) is 18.5 Å². The number of pyridine rings is 1. The van der Waals surface area contributed by atoms with Gasteiger partial charge < -0.3 is 14.2 Å². The van der Waals surface area contributed by atoms with Crippen molar-refractivity contribution in [1.29, 1.82) is 0 Å². The number of carbonyl (C=O) groups is 1. The zero-order chi connectivity index (χ0) is 25.3. The number of amides is 1. The Balaban J connectivity index is 1.40. The summed E-state index contributed by atoms with van der Waals surface area (Å²) in [6, 6.07) is 17.1. The van der Waals surface area contributed by atoms with Crippen LogP contribution in [0.25, 0.3) is 5.65 Å². The highest BCUT2D eigenvalue weighted by Gasteiger charge is 2.33. The number of para-hydroxylation sites is 1. The highest BCUT2D eigenvalue weighted by molar-refractivity contribution is 5.78. The van der Waals surface area contributed by atoms with Crippen LogP contribution < -0.4 is 4.90 Å². The molecule has 1 saturated heterocycles. The first-order chi connectivity index (χ1) is 17.3. The second-order valence-electron chi connectivity index (χ2n) is 8.81. The molecule has 0 saturated carbocycles. The number of carbonyl (C=O) groups excluding carboxylic acids is 1. The van der Waals surface area contributed by atoms with Crippen LogP contribution in [0, 0.1) is 5.82 Å². The standard InChI is InChI=1S/C27H24F4N4O/c28-22-8-1-2-9-23(22)33-12-14-34(15-13-33)26(36)17-21(19-6-5-7-20(16-19)27(29,30)31)24-18-32-25-10-3-4-11-35(24)25/h1-11,16,18,21H,12-15,17H2. The molecular weight excluding hydrogens is 472 g/mol. The summed E-state index contributed by atoms with van der Waals surface area (Å²) in [7, 11) is 0. The van der Waals surface area contributed by atoms with Crippen LogP contribution in [0.2, 0.25) is 0 Å². The van der Waals surface area contributed by atoms with E-state index < -0.39 is 17.7 Å². The highest BCUT2D eigenvalue weighted by Crippen LogP contribution is 2.35. The monoisotopic (exact) mass is 496 g/mol. The molecule has 1 aliphatic rings. The summed E-state index contributed by atoms with van der Waals surface area (Å²) in [5.74, 6) is -1.10. The summed E-state index contributed by atoms with van der Waals surface area (Å²) in [4.78, 5) is 21.4. The van der Waals surface area contributed by atoms with Crippen molar-refractivity contribution in [3.63, 3.8) is 0 Å². The Kier molecular flexibility index (Phi) is 6.38. The molecule has 3 heterocycles. The fourth-order valence-electron chi connectivity index (χ4n) is 4.74. The summed E-state index contributed by atoms with van der Waals surface area (Å²) in [5.41, 5.74) is 1.43. The Morgan fingerprint density at radius 1 is 0.944 bits per heavy atom. The van der Waals surface area contributed by atoms with Gasteiger partial charge in [-0.15, -0.1) is 0 Å². The second kappa shape index (κ2) is 9.64. The van der Waals surface area contributed by atoms with Gasteiger partial charge in [-0.3, -0.25) is 4.79 Å². The fourth-order valence-corrected chi connectivity index (χ4v) is 4.74. The van der Waals surface area contributed by atoms with Gasteiger partial charge in [0.2, 0.25) is 5.91 Å². The number of halogens is 4. The number of benzene rings is 2. The van der Waals surface area contributed by atoms with Gasteiger partial charge >= 0.3 is 6.18 Å². The molecule has 0 N–H and O–H groups in total. The number of anilines is 1. The van der Waals surface area contributed by atoms with E-state index in [0.29, 0.717) is 48.8 Å². The minimum Gasteiger partial charge on any atom is -0.366 e. The number of aromatic nitrogens is 2. The fraction of sp³-hybridized carbons (Fsp3) is 0.259. The van der Waals surface area contributed by atoms with Gasteiger partial charge in [-0.05, 0) is 35.9 Å². The summed E-state index contributed by atoms with van der Waals surface area (Å²) >= 11 is 0. The number of rotatable bonds is 5. The first-order valence-corrected chi connectivity index (χ1v) is 11.7. The van der Waals surface area contributed by atoms with Crippen LogP contribution in [0.5, 0.6) is 0 Å². The van der Waals surface area contributed by atoms with Gasteiger partial charge in [-0.25, -0.2) is 9.37 Å². The van der Waals surface area contributed by atoms with Gasteiger partial charge in [0.15, 0.2) is 0 Å². The second-order valence-corrected chi connectivity index (χ2v) is 8.81. The number of fused-ring (bicyclic) bond motifs is 1. The van der Waals surface area contributed by atoms with E-state index in [1.54, 1.807) is 52.0 Å². The van der Waals surface area contributed by atoms with Crippen molar-refractivity contribution in [3.05, 3.63) is 102 Å². The molecule has 0 spiro atoms. The van der Waals surface area contributed by atoms with Gasteiger partial charge in [0.25, 0.3) is 0 Å². The van der Waals surface area contributed by atoms with E-state index in [4.69, 9.17) is 0 Å². The van der Waals surface area contributed by atoms with Crippen LogP contribution in [0.4, 0.5) is 23.2 Å². The molecule has 5 nitrogen and oxygen atoms in total. The Morgan fingerprint density at radius 3 is 2.44 bits per heavy atom. The van der Waals surface area contributed by atoms with Gasteiger partial charge in [0, 0.05) is 50.9 Å². The molecule has 1 unspecified atom stereocenters. The molecule has 9 heteroatoms. The van der Waals surface area contributed by atoms with Crippen LogP contribution in [-0.4, -0.2) is 46.4 Å². The Labute approximate surface area is 205 Å². The van der Waals surface area contributed by atoms with Crippen LogP contribution in [0.3, 0.4) is 0 Å². The lowest BCUT2D eigenvalue weighted by atomic mass is 9.90. The molecule has 1 fully saturated rings. The van der Waals surface area contributed by atoms with Crippen LogP contribution in [0.15, 0.2) is 79.1 Å². The first-order valence-electron chi connectivity index (χ1n) is 11.7. The van der Waals surface area contributed by atoms with Crippen molar-refractivity contribution in [2.24, 2.45) is 0 Å². The van der Waals surface area contributed by atoms with Crippen molar-refractivity contribution in [3.8, 4) is 0 Å². The largest absolute Gasteiger partial charge is 0.416 e. The maximum absolute atomic E-state index is 14.2. The summed E-state index contributed by atoms with van der Waals surface area (Å²) in [6.07, 6.45) is -1.10. The Morgan fingerprint density at radius 2 is 1.69 bits per heavy atom. The first kappa shape index (κ1) is 23.8. The van der Waals surface area contributed by atoms with Crippen LogP contribution in [0.1, 0.15) is 29.2 Å². The van der Waals surface area contributed by atoms with E-state index in [-0.39, 0.29) is 18.1 Å². The number of piperazine rings is 1. The van der Waals surface area contributed by atoms with Crippen molar-refractivity contribution < 1.29 is 22.4 Å². The van der Waals surface area contributed by atoms with Gasteiger partial charge in [0.1, 0.15) is 11.5 Å². The smallest absolute Gasteiger partial charge is 0.366 e. The quantitative estimate of drug-likeness (QED) is 0.349. The maximum atomic E-state index is 14.2. The molecule has 186 valence electrons. The molecule has 1 atom stereocenters. The average Bonchev–Trinajstić information content (AvgIpc) is 3.31. The zero-order valence-corrected chi connectivity index (χ0v) is 19.3. The maximum Gasteiger partial charge on any atom is 0.416 e. The molecule has 5 rings (SSSR count). The predicted molar refractivity (Wildman–Crippen MR) is 128 cm³/mol. The molecular formula is C27H24F4N4O. The summed E-state index contributed by atoms with van der Waals surface area (Å²) < 4.78 is 56.4. The number of imidazole rings is 1. The van der Waals surface area contributed by atoms with Crippen molar-refractivity contribution >= 4 is 17.2 Å². The third kappa shape index (κ3) is 4.78. The zero-order valence-electron chi connectivity index (χ0n) is 19.3. The van der Waals surface area contributed by atoms with E-state index >= 15 is 0 Å². The minimum absolute atomic E-state index is 0.0102. The third-order valence-electron chi connectivity index (χ3n) is 6.62. The topological polar surface area (TPSA) is 40.9 Å². The lowest BCUT2D eigenvalue weighted by Crippen LogP contribution is -2.49. The Hall–Kier alpha value is -3.88. The molecule has 0 bridgehead atoms. The molecule has 2 aromatic heterocycles. The number of hydrogen-bond donors (Lipinski definition) is 0. The minimum atomic E-state index is -4.49. The molecule has 1 amide bonds. The van der Waals surface area contributed by atoms with E-state index in [2.05, 4.69) is 4.98 Å². The van der Waals surface area contributed by atoms with Gasteiger partial charge in [0.05, 0.1) is 16.9 Å². The third-order valence-corrected chi connectivity index (χ3v) is 6.62. The van der Waals surface area contributed by atoms with E-state index in [0.717, 1.165) is 12.1 Å². The average molecular weight is 497 g/mol. The molecule has 1 aliphatic heterocycles. The normalized spacial score (nSPS) is 15.3. The van der Waals surface area contributed by atoms with E-state index in [1.165, 1.54) is 12.1 Å². The van der Waals surface area contributed by atoms with Crippen LogP contribution >= 0.6 is 0 Å². The van der Waals surface area contributed by atoms with E-state index in [1.807, 2.05) is 17.0 Å². The predicted octanol–water partition coefficient (Wildman–Crippen LogP) is 5.36. The lowest BCUT2D eigenvalue weighted by Gasteiger charge is -2.36. The van der Waals surface area contributed by atoms with E-state index in [9.17, 15) is 22.4 Å². The molecule has 0 radical (unpaired) electrons. The van der Waals surface area contributed by atoms with Crippen molar-refractivity contribution in [2.75, 3.05) is 31.1 Å².